The molecule has 1 fully saturated rings. The molecule has 0 N–H and O–H groups in total. The summed E-state index contributed by atoms with van der Waals surface area (Å²) in [4.78, 5) is 6.67. The second kappa shape index (κ2) is 6.31. The molecule has 1 aromatic heterocycles. The Morgan fingerprint density at radius 3 is 2.46 bits per heavy atom. The molecule has 0 spiro atoms. The number of morpholine rings is 1. The molecule has 4 rings (SSSR count). The van der Waals surface area contributed by atoms with Crippen LogP contribution in [0.3, 0.4) is 0 Å². The summed E-state index contributed by atoms with van der Waals surface area (Å²) >= 11 is 0. The van der Waals surface area contributed by atoms with Gasteiger partial charge in [0.1, 0.15) is 0 Å². The summed E-state index contributed by atoms with van der Waals surface area (Å²) in [5.74, 6) is 0. The van der Waals surface area contributed by atoms with Gasteiger partial charge in [0, 0.05) is 30.4 Å². The third-order valence-corrected chi connectivity index (χ3v) is 4.44. The van der Waals surface area contributed by atoms with Crippen molar-refractivity contribution in [2.75, 3.05) is 31.2 Å². The molecule has 118 valence electrons. The first-order valence-corrected chi connectivity index (χ1v) is 8.07. The highest BCUT2D eigenvalue weighted by Gasteiger charge is 2.11. The number of hydrogen-bond donors (Lipinski definition) is 0. The number of nitrogens with zero attached hydrogens (tertiary/aromatic N) is 3. The Hall–Kier alpha value is -2.90. The lowest BCUT2D eigenvalue weighted by Crippen LogP contribution is -2.36. The number of fused-ring (bicyclic) bond motifs is 1. The second-order valence-corrected chi connectivity index (χ2v) is 5.85. The molecular weight excluding hydrogens is 298 g/mol. The Labute approximate surface area is 140 Å². The van der Waals surface area contributed by atoms with Crippen LogP contribution in [0.25, 0.3) is 22.0 Å². The van der Waals surface area contributed by atoms with Crippen molar-refractivity contribution in [3.63, 3.8) is 0 Å². The molecule has 0 radical (unpaired) electrons. The largest absolute Gasteiger partial charge is 0.378 e. The van der Waals surface area contributed by atoms with E-state index in [-0.39, 0.29) is 0 Å². The van der Waals surface area contributed by atoms with Crippen molar-refractivity contribution in [2.45, 2.75) is 0 Å². The number of hydrogen-bond acceptors (Lipinski definition) is 4. The number of pyridine rings is 1. The summed E-state index contributed by atoms with van der Waals surface area (Å²) in [6.07, 6.45) is 1.68. The molecule has 2 aromatic carbocycles. The first kappa shape index (κ1) is 14.7. The standard InChI is InChI=1S/C20H17N3O/c21-14-17-7-8-22-20-6-3-16(13-19(17)20)15-1-4-18(5-2-15)23-9-11-24-12-10-23/h1-8,13H,9-12H2. The fraction of sp³-hybridized carbons (Fsp3) is 0.200. The summed E-state index contributed by atoms with van der Waals surface area (Å²) < 4.78 is 5.40. The summed E-state index contributed by atoms with van der Waals surface area (Å²) in [7, 11) is 0. The van der Waals surface area contributed by atoms with Gasteiger partial charge in [-0.3, -0.25) is 4.98 Å². The van der Waals surface area contributed by atoms with Crippen LogP contribution in [0.4, 0.5) is 5.69 Å². The van der Waals surface area contributed by atoms with Crippen molar-refractivity contribution in [3.05, 3.63) is 60.3 Å². The van der Waals surface area contributed by atoms with Gasteiger partial charge in [0.15, 0.2) is 0 Å². The molecule has 0 amide bonds. The van der Waals surface area contributed by atoms with Crippen molar-refractivity contribution < 1.29 is 4.74 Å². The van der Waals surface area contributed by atoms with Crippen molar-refractivity contribution in [2.24, 2.45) is 0 Å². The highest BCUT2D eigenvalue weighted by Crippen LogP contribution is 2.27. The molecule has 0 unspecified atom stereocenters. The minimum Gasteiger partial charge on any atom is -0.378 e. The van der Waals surface area contributed by atoms with E-state index in [1.807, 2.05) is 12.1 Å². The molecule has 24 heavy (non-hydrogen) atoms. The summed E-state index contributed by atoms with van der Waals surface area (Å²) in [6, 6.07) is 18.6. The smallest absolute Gasteiger partial charge is 0.0999 e. The third kappa shape index (κ3) is 2.70. The van der Waals surface area contributed by atoms with Crippen LogP contribution in [0.2, 0.25) is 0 Å². The van der Waals surface area contributed by atoms with Gasteiger partial charge in [-0.15, -0.1) is 0 Å². The van der Waals surface area contributed by atoms with Crippen LogP contribution in [-0.2, 0) is 4.74 Å². The lowest BCUT2D eigenvalue weighted by molar-refractivity contribution is 0.122. The van der Waals surface area contributed by atoms with Crippen LogP contribution < -0.4 is 4.90 Å². The van der Waals surface area contributed by atoms with Crippen LogP contribution in [0.15, 0.2) is 54.7 Å². The van der Waals surface area contributed by atoms with Gasteiger partial charge in [-0.25, -0.2) is 0 Å². The van der Waals surface area contributed by atoms with Crippen LogP contribution in [0, 0.1) is 11.3 Å². The Balaban J connectivity index is 1.68. The van der Waals surface area contributed by atoms with E-state index in [1.54, 1.807) is 12.3 Å². The zero-order valence-corrected chi connectivity index (χ0v) is 13.3. The first-order valence-electron chi connectivity index (χ1n) is 8.07. The molecular formula is C20H17N3O. The first-order chi connectivity index (χ1) is 11.8. The number of aromatic nitrogens is 1. The molecule has 0 atom stereocenters. The monoisotopic (exact) mass is 315 g/mol. The predicted molar refractivity (Wildman–Crippen MR) is 94.9 cm³/mol. The molecule has 4 nitrogen and oxygen atoms in total. The molecule has 1 aliphatic heterocycles. The Kier molecular flexibility index (Phi) is 3.86. The summed E-state index contributed by atoms with van der Waals surface area (Å²) in [5, 5.41) is 10.2. The van der Waals surface area contributed by atoms with Crippen molar-refractivity contribution in [1.82, 2.24) is 4.98 Å². The SMILES string of the molecule is N#Cc1ccnc2ccc(-c3ccc(N4CCOCC4)cc3)cc12. The zero-order valence-electron chi connectivity index (χ0n) is 13.3. The molecule has 3 aromatic rings. The average Bonchev–Trinajstić information content (AvgIpc) is 2.68. The zero-order chi connectivity index (χ0) is 16.4. The molecule has 4 heteroatoms. The Bertz CT molecular complexity index is 906. The number of nitriles is 1. The number of rotatable bonds is 2. The fourth-order valence-corrected chi connectivity index (χ4v) is 3.11. The van der Waals surface area contributed by atoms with Gasteiger partial charge in [0.05, 0.1) is 30.4 Å². The number of benzene rings is 2. The maximum absolute atomic E-state index is 9.28. The highest BCUT2D eigenvalue weighted by atomic mass is 16.5. The maximum atomic E-state index is 9.28. The minimum atomic E-state index is 0.659. The van der Waals surface area contributed by atoms with Crippen LogP contribution in [-0.4, -0.2) is 31.3 Å². The van der Waals surface area contributed by atoms with E-state index in [0.717, 1.165) is 48.3 Å². The van der Waals surface area contributed by atoms with Crippen LogP contribution in [0.5, 0.6) is 0 Å². The topological polar surface area (TPSA) is 49.2 Å². The van der Waals surface area contributed by atoms with Crippen molar-refractivity contribution in [1.29, 1.82) is 5.26 Å². The van der Waals surface area contributed by atoms with Crippen LogP contribution in [0.1, 0.15) is 5.56 Å². The lowest BCUT2D eigenvalue weighted by Gasteiger charge is -2.28. The highest BCUT2D eigenvalue weighted by molar-refractivity contribution is 5.89. The predicted octanol–water partition coefficient (Wildman–Crippen LogP) is 3.61. The fourth-order valence-electron chi connectivity index (χ4n) is 3.11. The van der Waals surface area contributed by atoms with Gasteiger partial charge in [0.25, 0.3) is 0 Å². The van der Waals surface area contributed by atoms with E-state index in [4.69, 9.17) is 4.74 Å². The maximum Gasteiger partial charge on any atom is 0.0999 e. The van der Waals surface area contributed by atoms with Gasteiger partial charge < -0.3 is 9.64 Å². The minimum absolute atomic E-state index is 0.659. The van der Waals surface area contributed by atoms with Gasteiger partial charge in [-0.1, -0.05) is 18.2 Å². The molecule has 2 heterocycles. The molecule has 1 saturated heterocycles. The Morgan fingerprint density at radius 1 is 0.958 bits per heavy atom. The normalized spacial score (nSPS) is 14.5. The second-order valence-electron chi connectivity index (χ2n) is 5.85. The number of ether oxygens (including phenoxy) is 1. The quantitative estimate of drug-likeness (QED) is 0.725. The molecule has 0 bridgehead atoms. The molecule has 0 aliphatic carbocycles. The van der Waals surface area contributed by atoms with Crippen LogP contribution >= 0.6 is 0 Å². The summed E-state index contributed by atoms with van der Waals surface area (Å²) in [6.45, 7) is 3.45. The average molecular weight is 315 g/mol. The van der Waals surface area contributed by atoms with Gasteiger partial charge in [-0.05, 0) is 41.5 Å². The lowest BCUT2D eigenvalue weighted by atomic mass is 10.0. The number of anilines is 1. The van der Waals surface area contributed by atoms with Gasteiger partial charge in [-0.2, -0.15) is 5.26 Å². The van der Waals surface area contributed by atoms with E-state index < -0.39 is 0 Å². The molecule has 0 saturated carbocycles. The third-order valence-electron chi connectivity index (χ3n) is 4.44. The van der Waals surface area contributed by atoms with Crippen molar-refractivity contribution in [3.8, 4) is 17.2 Å². The molecule has 1 aliphatic rings. The van der Waals surface area contributed by atoms with Crippen molar-refractivity contribution >= 4 is 16.6 Å². The van der Waals surface area contributed by atoms with E-state index in [0.29, 0.717) is 5.56 Å². The van der Waals surface area contributed by atoms with Gasteiger partial charge >= 0.3 is 0 Å². The van der Waals surface area contributed by atoms with E-state index >= 15 is 0 Å². The Morgan fingerprint density at radius 2 is 1.71 bits per heavy atom. The van der Waals surface area contributed by atoms with E-state index in [9.17, 15) is 5.26 Å². The van der Waals surface area contributed by atoms with E-state index in [1.165, 1.54) is 5.69 Å². The van der Waals surface area contributed by atoms with E-state index in [2.05, 4.69) is 46.3 Å². The summed E-state index contributed by atoms with van der Waals surface area (Å²) in [5.41, 5.74) is 4.97. The van der Waals surface area contributed by atoms with Gasteiger partial charge in [0.2, 0.25) is 0 Å².